The Hall–Kier alpha value is -0.0800. The molecule has 0 bridgehead atoms. The van der Waals surface area contributed by atoms with Crippen molar-refractivity contribution < 1.29 is 5.11 Å². The van der Waals surface area contributed by atoms with Gasteiger partial charge in [0.25, 0.3) is 0 Å². The van der Waals surface area contributed by atoms with Crippen LogP contribution in [0.2, 0.25) is 0 Å². The second-order valence-electron chi connectivity index (χ2n) is 8.04. The fourth-order valence-electron chi connectivity index (χ4n) is 5.25. The molecule has 0 amide bonds. The molecule has 3 aliphatic carbocycles. The highest BCUT2D eigenvalue weighted by molar-refractivity contribution is 5.04. The lowest BCUT2D eigenvalue weighted by molar-refractivity contribution is -0.0492. The van der Waals surface area contributed by atoms with Crippen LogP contribution in [0, 0.1) is 11.3 Å². The van der Waals surface area contributed by atoms with Crippen LogP contribution in [0.25, 0.3) is 0 Å². The van der Waals surface area contributed by atoms with Gasteiger partial charge in [0.15, 0.2) is 0 Å². The number of nitrogens with zero attached hydrogens (tertiary/aromatic N) is 1. The number of rotatable bonds is 2. The minimum absolute atomic E-state index is 0.226. The number of hydrogen-bond donors (Lipinski definition) is 1. The number of likely N-dealkylation sites (tertiary alicyclic amines) is 1. The Morgan fingerprint density at radius 2 is 1.47 bits per heavy atom. The third-order valence-electron chi connectivity index (χ3n) is 6.82. The molecule has 4 aliphatic rings. The van der Waals surface area contributed by atoms with E-state index in [1.165, 1.54) is 70.9 Å². The van der Waals surface area contributed by atoms with Crippen LogP contribution in [0.3, 0.4) is 0 Å². The largest absolute Gasteiger partial charge is 0.390 e. The van der Waals surface area contributed by atoms with Gasteiger partial charge in [-0.2, -0.15) is 0 Å². The van der Waals surface area contributed by atoms with Gasteiger partial charge in [0, 0.05) is 6.04 Å². The third-order valence-corrected chi connectivity index (χ3v) is 6.82. The van der Waals surface area contributed by atoms with E-state index in [-0.39, 0.29) is 5.60 Å². The lowest BCUT2D eigenvalue weighted by Crippen LogP contribution is -2.54. The minimum atomic E-state index is -0.226. The van der Waals surface area contributed by atoms with Gasteiger partial charge in [-0.1, -0.05) is 19.3 Å². The first-order valence-electron chi connectivity index (χ1n) is 8.66. The number of aliphatic hydroxyl groups is 1. The van der Waals surface area contributed by atoms with Crippen LogP contribution in [-0.4, -0.2) is 34.7 Å². The Morgan fingerprint density at radius 3 is 2.05 bits per heavy atom. The Kier molecular flexibility index (Phi) is 2.97. The summed E-state index contributed by atoms with van der Waals surface area (Å²) < 4.78 is 0. The first-order valence-corrected chi connectivity index (χ1v) is 8.66. The van der Waals surface area contributed by atoms with Crippen LogP contribution in [0.15, 0.2) is 0 Å². The molecule has 0 unspecified atom stereocenters. The average Bonchev–Trinajstić information content (AvgIpc) is 3.16. The zero-order valence-electron chi connectivity index (χ0n) is 12.2. The molecule has 2 nitrogen and oxygen atoms in total. The molecular formula is C17H29NO. The maximum atomic E-state index is 10.2. The highest BCUT2D eigenvalue weighted by Gasteiger charge is 2.50. The van der Waals surface area contributed by atoms with Gasteiger partial charge in [-0.15, -0.1) is 0 Å². The van der Waals surface area contributed by atoms with Gasteiger partial charge in [0.2, 0.25) is 0 Å². The fourth-order valence-corrected chi connectivity index (χ4v) is 5.25. The maximum absolute atomic E-state index is 10.2. The van der Waals surface area contributed by atoms with Crippen molar-refractivity contribution in [2.24, 2.45) is 11.3 Å². The smallest absolute Gasteiger partial charge is 0.0678 e. The molecular weight excluding hydrogens is 234 g/mol. The Labute approximate surface area is 117 Å². The van der Waals surface area contributed by atoms with Crippen molar-refractivity contribution >= 4 is 0 Å². The fraction of sp³-hybridized carbons (Fsp3) is 1.00. The Bertz CT molecular complexity index is 327. The number of hydrogen-bond acceptors (Lipinski definition) is 2. The van der Waals surface area contributed by atoms with Gasteiger partial charge in [0.1, 0.15) is 0 Å². The minimum Gasteiger partial charge on any atom is -0.390 e. The van der Waals surface area contributed by atoms with E-state index in [2.05, 4.69) is 4.90 Å². The zero-order valence-corrected chi connectivity index (χ0v) is 12.2. The van der Waals surface area contributed by atoms with Gasteiger partial charge >= 0.3 is 0 Å². The summed E-state index contributed by atoms with van der Waals surface area (Å²) in [6, 6.07) is 0.896. The molecule has 1 N–H and O–H groups in total. The Balaban J connectivity index is 1.27. The molecule has 1 aliphatic heterocycles. The van der Waals surface area contributed by atoms with Crippen molar-refractivity contribution in [1.29, 1.82) is 0 Å². The summed E-state index contributed by atoms with van der Waals surface area (Å²) >= 11 is 0. The van der Waals surface area contributed by atoms with E-state index in [0.29, 0.717) is 5.92 Å². The van der Waals surface area contributed by atoms with E-state index in [1.807, 2.05) is 0 Å². The first kappa shape index (κ1) is 12.6. The summed E-state index contributed by atoms with van der Waals surface area (Å²) in [6.07, 6.45) is 15.1. The maximum Gasteiger partial charge on any atom is 0.0678 e. The van der Waals surface area contributed by atoms with Gasteiger partial charge in [-0.3, -0.25) is 0 Å². The summed E-state index contributed by atoms with van der Waals surface area (Å²) in [6.45, 7) is 2.52. The van der Waals surface area contributed by atoms with Gasteiger partial charge in [-0.05, 0) is 75.8 Å². The summed E-state index contributed by atoms with van der Waals surface area (Å²) in [7, 11) is 0. The lowest BCUT2D eigenvalue weighted by atomic mass is 9.58. The van der Waals surface area contributed by atoms with E-state index in [0.717, 1.165) is 24.3 Å². The molecule has 0 aromatic carbocycles. The first-order chi connectivity index (χ1) is 9.19. The topological polar surface area (TPSA) is 23.5 Å². The van der Waals surface area contributed by atoms with Crippen LogP contribution >= 0.6 is 0 Å². The molecule has 0 aromatic heterocycles. The van der Waals surface area contributed by atoms with Crippen LogP contribution in [0.5, 0.6) is 0 Å². The predicted molar refractivity (Wildman–Crippen MR) is 77.0 cm³/mol. The van der Waals surface area contributed by atoms with Gasteiger partial charge < -0.3 is 10.0 Å². The van der Waals surface area contributed by atoms with Crippen LogP contribution in [-0.2, 0) is 0 Å². The van der Waals surface area contributed by atoms with Crippen molar-refractivity contribution in [3.63, 3.8) is 0 Å². The predicted octanol–water partition coefficient (Wildman–Crippen LogP) is 3.34. The van der Waals surface area contributed by atoms with Crippen molar-refractivity contribution in [3.05, 3.63) is 0 Å². The van der Waals surface area contributed by atoms with Crippen LogP contribution in [0.4, 0.5) is 0 Å². The highest BCUT2D eigenvalue weighted by Crippen LogP contribution is 2.54. The lowest BCUT2D eigenvalue weighted by Gasteiger charge is -2.55. The van der Waals surface area contributed by atoms with E-state index >= 15 is 0 Å². The van der Waals surface area contributed by atoms with Crippen molar-refractivity contribution in [2.75, 3.05) is 13.1 Å². The summed E-state index contributed by atoms with van der Waals surface area (Å²) in [5.41, 5.74) is 0.546. The molecule has 0 aromatic rings. The normalized spacial score (nSPS) is 35.2. The van der Waals surface area contributed by atoms with Gasteiger partial charge in [-0.25, -0.2) is 0 Å². The average molecular weight is 263 g/mol. The van der Waals surface area contributed by atoms with Crippen LogP contribution in [0.1, 0.15) is 70.6 Å². The van der Waals surface area contributed by atoms with Gasteiger partial charge in [0.05, 0.1) is 5.60 Å². The zero-order chi connectivity index (χ0) is 12.9. The standard InChI is InChI=1S/C17H29NO/c19-17(8-9-17)14-4-10-18(11-5-14)15-12-16(13-15)6-2-1-3-7-16/h14-15,19H,1-13H2. The van der Waals surface area contributed by atoms with Crippen LogP contribution < -0.4 is 0 Å². The van der Waals surface area contributed by atoms with E-state index in [9.17, 15) is 5.11 Å². The summed E-state index contributed by atoms with van der Waals surface area (Å²) in [5.74, 6) is 0.618. The van der Waals surface area contributed by atoms with E-state index < -0.39 is 0 Å². The molecule has 1 saturated heterocycles. The molecule has 1 spiro atoms. The molecule has 19 heavy (non-hydrogen) atoms. The summed E-state index contributed by atoms with van der Waals surface area (Å²) in [4.78, 5) is 2.75. The molecule has 108 valence electrons. The molecule has 0 radical (unpaired) electrons. The van der Waals surface area contributed by atoms with E-state index in [1.54, 1.807) is 0 Å². The molecule has 0 atom stereocenters. The quantitative estimate of drug-likeness (QED) is 0.826. The monoisotopic (exact) mass is 263 g/mol. The van der Waals surface area contributed by atoms with Crippen molar-refractivity contribution in [1.82, 2.24) is 4.90 Å². The summed E-state index contributed by atoms with van der Waals surface area (Å²) in [5, 5.41) is 10.2. The SMILES string of the molecule is OC1(C2CCN(C3CC4(CCCCC4)C3)CC2)CC1. The molecule has 4 rings (SSSR count). The van der Waals surface area contributed by atoms with Crippen molar-refractivity contribution in [3.8, 4) is 0 Å². The van der Waals surface area contributed by atoms with E-state index in [4.69, 9.17) is 0 Å². The Morgan fingerprint density at radius 1 is 0.842 bits per heavy atom. The molecule has 3 saturated carbocycles. The second kappa shape index (κ2) is 4.46. The second-order valence-corrected chi connectivity index (χ2v) is 8.04. The molecule has 2 heteroatoms. The third kappa shape index (κ3) is 2.25. The highest BCUT2D eigenvalue weighted by atomic mass is 16.3. The molecule has 4 fully saturated rings. The van der Waals surface area contributed by atoms with Crippen molar-refractivity contribution in [2.45, 2.75) is 82.3 Å². The molecule has 1 heterocycles. The number of piperidine rings is 1.